The maximum Gasteiger partial charge on any atom is 0.248 e. The van der Waals surface area contributed by atoms with Crippen LogP contribution in [0.5, 0.6) is 0 Å². The zero-order valence-electron chi connectivity index (χ0n) is 28.2. The molecule has 0 aliphatic carbocycles. The van der Waals surface area contributed by atoms with Gasteiger partial charge in [0.05, 0.1) is 6.61 Å². The fourth-order valence-electron chi connectivity index (χ4n) is 5.71. The van der Waals surface area contributed by atoms with Crippen molar-refractivity contribution in [2.24, 2.45) is 17.3 Å². The Balaban J connectivity index is 1.57. The van der Waals surface area contributed by atoms with Gasteiger partial charge in [-0.3, -0.25) is 19.5 Å². The molecule has 0 bridgehead atoms. The van der Waals surface area contributed by atoms with Gasteiger partial charge in [0.1, 0.15) is 6.61 Å². The van der Waals surface area contributed by atoms with E-state index in [4.69, 9.17) is 9.47 Å². The van der Waals surface area contributed by atoms with E-state index in [9.17, 15) is 4.79 Å². The number of ether oxygens (including phenoxy) is 2. The number of amides is 1. The first-order chi connectivity index (χ1) is 18.6. The molecule has 0 spiro atoms. The Kier molecular flexibility index (Phi) is 14.4. The lowest BCUT2D eigenvalue weighted by molar-refractivity contribution is -0.139. The van der Waals surface area contributed by atoms with Crippen molar-refractivity contribution in [3.05, 3.63) is 0 Å². The highest BCUT2D eigenvalue weighted by atomic mass is 16.5. The van der Waals surface area contributed by atoms with E-state index in [0.29, 0.717) is 18.4 Å². The highest BCUT2D eigenvalue weighted by Crippen LogP contribution is 2.28. The zero-order valence-corrected chi connectivity index (χ0v) is 28.2. The molecule has 7 nitrogen and oxygen atoms in total. The Morgan fingerprint density at radius 3 is 1.82 bits per heavy atom. The summed E-state index contributed by atoms with van der Waals surface area (Å²) in [6.45, 7) is 34.9. The Hall–Kier alpha value is -0.730. The molecular formula is C33H66N4O3. The lowest BCUT2D eigenvalue weighted by Gasteiger charge is -2.44. The third kappa shape index (κ3) is 13.1. The van der Waals surface area contributed by atoms with E-state index in [2.05, 4.69) is 83.9 Å². The van der Waals surface area contributed by atoms with E-state index >= 15 is 0 Å². The summed E-state index contributed by atoms with van der Waals surface area (Å²) in [5.74, 6) is 1.49. The summed E-state index contributed by atoms with van der Waals surface area (Å²) in [4.78, 5) is 22.3. The minimum atomic E-state index is 0.138. The zero-order chi connectivity index (χ0) is 30.0. The van der Waals surface area contributed by atoms with Crippen LogP contribution in [0.4, 0.5) is 0 Å². The Labute approximate surface area is 248 Å². The molecule has 0 aromatic heterocycles. The molecule has 0 N–H and O–H groups in total. The van der Waals surface area contributed by atoms with E-state index in [-0.39, 0.29) is 29.0 Å². The molecule has 7 heteroatoms. The van der Waals surface area contributed by atoms with Crippen LogP contribution >= 0.6 is 0 Å². The number of carbonyl (C=O) groups excluding carboxylic acids is 1. The summed E-state index contributed by atoms with van der Waals surface area (Å²) < 4.78 is 11.7. The molecule has 2 heterocycles. The van der Waals surface area contributed by atoms with Crippen LogP contribution in [-0.2, 0) is 14.3 Å². The second-order valence-corrected chi connectivity index (χ2v) is 15.4. The summed E-state index contributed by atoms with van der Waals surface area (Å²) in [6.07, 6.45) is 4.52. The fraction of sp³-hybridized carbons (Fsp3) is 0.970. The van der Waals surface area contributed by atoms with Crippen LogP contribution < -0.4 is 0 Å². The molecule has 2 atom stereocenters. The highest BCUT2D eigenvalue weighted by Gasteiger charge is 2.32. The van der Waals surface area contributed by atoms with Crippen LogP contribution in [0, 0.1) is 17.3 Å². The second-order valence-electron chi connectivity index (χ2n) is 15.4. The van der Waals surface area contributed by atoms with Gasteiger partial charge in [-0.2, -0.15) is 0 Å². The fourth-order valence-corrected chi connectivity index (χ4v) is 5.71. The first-order valence-electron chi connectivity index (χ1n) is 16.2. The Morgan fingerprint density at radius 2 is 1.25 bits per heavy atom. The maximum absolute atomic E-state index is 12.6. The standard InChI is InChI=1S/C33H66N4O3/c1-28(29(2)12-24-39-26-23-34-15-19-36(20-16-34)32(6,7)8)11-13-33(9,10)37-21-17-35(18-22-37)30(38)27-40-25-14-31(3,4)5/h28-29H,11-27H2,1-10H3/t28-,29+/m0/s1. The molecule has 2 aliphatic heterocycles. The topological polar surface area (TPSA) is 48.5 Å². The monoisotopic (exact) mass is 567 g/mol. The summed E-state index contributed by atoms with van der Waals surface area (Å²) in [7, 11) is 0. The third-order valence-corrected chi connectivity index (χ3v) is 9.48. The van der Waals surface area contributed by atoms with E-state index in [0.717, 1.165) is 85.0 Å². The Morgan fingerprint density at radius 1 is 0.675 bits per heavy atom. The van der Waals surface area contributed by atoms with E-state index in [1.165, 1.54) is 12.8 Å². The van der Waals surface area contributed by atoms with Crippen LogP contribution in [0.15, 0.2) is 0 Å². The van der Waals surface area contributed by atoms with Crippen LogP contribution in [-0.4, -0.2) is 122 Å². The minimum Gasteiger partial charge on any atom is -0.380 e. The SMILES string of the molecule is C[C@H](CCOCCN1CCN(C(C)(C)C)CC1)[C@@H](C)CCC(C)(C)N1CCN(C(=O)COCCC(C)(C)C)CC1. The van der Waals surface area contributed by atoms with Gasteiger partial charge >= 0.3 is 0 Å². The van der Waals surface area contributed by atoms with Crippen molar-refractivity contribution in [1.82, 2.24) is 19.6 Å². The van der Waals surface area contributed by atoms with Crippen LogP contribution in [0.2, 0.25) is 0 Å². The largest absolute Gasteiger partial charge is 0.380 e. The highest BCUT2D eigenvalue weighted by molar-refractivity contribution is 5.77. The second kappa shape index (κ2) is 16.2. The van der Waals surface area contributed by atoms with Crippen molar-refractivity contribution in [3.63, 3.8) is 0 Å². The number of piperazine rings is 2. The predicted octanol–water partition coefficient (Wildman–Crippen LogP) is 5.24. The average molecular weight is 567 g/mol. The molecule has 2 aliphatic rings. The lowest BCUT2D eigenvalue weighted by Crippen LogP contribution is -2.56. The van der Waals surface area contributed by atoms with E-state index in [1.807, 2.05) is 4.90 Å². The van der Waals surface area contributed by atoms with Gasteiger partial charge in [0.15, 0.2) is 0 Å². The Bertz CT molecular complexity index is 714. The molecule has 0 radical (unpaired) electrons. The molecule has 0 aromatic carbocycles. The van der Waals surface area contributed by atoms with Crippen molar-refractivity contribution in [2.45, 2.75) is 106 Å². The van der Waals surface area contributed by atoms with Crippen molar-refractivity contribution in [2.75, 3.05) is 85.3 Å². The molecule has 2 rings (SSSR count). The summed E-state index contributed by atoms with van der Waals surface area (Å²) in [5.41, 5.74) is 0.673. The van der Waals surface area contributed by atoms with Crippen LogP contribution in [0.1, 0.15) is 94.9 Å². The van der Waals surface area contributed by atoms with E-state index < -0.39 is 0 Å². The first-order valence-corrected chi connectivity index (χ1v) is 16.2. The molecule has 0 aromatic rings. The van der Waals surface area contributed by atoms with Gasteiger partial charge in [-0.05, 0) is 77.6 Å². The molecular weight excluding hydrogens is 500 g/mol. The van der Waals surface area contributed by atoms with Gasteiger partial charge in [-0.15, -0.1) is 0 Å². The van der Waals surface area contributed by atoms with Crippen LogP contribution in [0.3, 0.4) is 0 Å². The van der Waals surface area contributed by atoms with Crippen molar-refractivity contribution in [1.29, 1.82) is 0 Å². The number of hydrogen-bond donors (Lipinski definition) is 0. The van der Waals surface area contributed by atoms with Crippen molar-refractivity contribution in [3.8, 4) is 0 Å². The predicted molar refractivity (Wildman–Crippen MR) is 168 cm³/mol. The van der Waals surface area contributed by atoms with Crippen molar-refractivity contribution >= 4 is 5.91 Å². The first kappa shape index (κ1) is 35.5. The molecule has 1 amide bonds. The van der Waals surface area contributed by atoms with Gasteiger partial charge in [0.25, 0.3) is 0 Å². The van der Waals surface area contributed by atoms with Crippen molar-refractivity contribution < 1.29 is 14.3 Å². The summed E-state index contributed by atoms with van der Waals surface area (Å²) in [5, 5.41) is 0. The molecule has 0 unspecified atom stereocenters. The number of nitrogens with zero attached hydrogens (tertiary/aromatic N) is 4. The maximum atomic E-state index is 12.6. The minimum absolute atomic E-state index is 0.138. The molecule has 40 heavy (non-hydrogen) atoms. The third-order valence-electron chi connectivity index (χ3n) is 9.48. The van der Waals surface area contributed by atoms with Gasteiger partial charge in [0.2, 0.25) is 5.91 Å². The van der Waals surface area contributed by atoms with Gasteiger partial charge < -0.3 is 14.4 Å². The number of hydrogen-bond acceptors (Lipinski definition) is 6. The molecule has 0 saturated carbocycles. The lowest BCUT2D eigenvalue weighted by atomic mass is 9.84. The van der Waals surface area contributed by atoms with Gasteiger partial charge in [-0.25, -0.2) is 0 Å². The quantitative estimate of drug-likeness (QED) is 0.253. The van der Waals surface area contributed by atoms with Crippen LogP contribution in [0.25, 0.3) is 0 Å². The average Bonchev–Trinajstić information content (AvgIpc) is 2.88. The summed E-state index contributed by atoms with van der Waals surface area (Å²) in [6, 6.07) is 0. The van der Waals surface area contributed by atoms with Gasteiger partial charge in [-0.1, -0.05) is 34.6 Å². The molecule has 2 saturated heterocycles. The molecule has 2 fully saturated rings. The molecule has 236 valence electrons. The normalized spacial score (nSPS) is 20.6. The van der Waals surface area contributed by atoms with E-state index in [1.54, 1.807) is 0 Å². The summed E-state index contributed by atoms with van der Waals surface area (Å²) >= 11 is 0. The number of carbonyl (C=O) groups is 1. The van der Waals surface area contributed by atoms with Gasteiger partial charge in [0, 0.05) is 83.2 Å². The number of rotatable bonds is 15. The smallest absolute Gasteiger partial charge is 0.248 e.